The van der Waals surface area contributed by atoms with Gasteiger partial charge in [0.05, 0.1) is 24.6 Å². The molecule has 1 N–H and O–H groups in total. The van der Waals surface area contributed by atoms with Crippen molar-refractivity contribution in [1.29, 1.82) is 0 Å². The van der Waals surface area contributed by atoms with Crippen molar-refractivity contribution in [3.8, 4) is 5.75 Å². The standard InChI is InChI=1S/C22H19ClFNO5/c1-3-30-22(28)19(27)10-18(26)16-12-25(11-13-7-14(23)9-15(24)8-13)17-5-4-6-20(29-2)21(16)17/h4-10,12,26H,3,11H2,1-2H3/b18-10-. The predicted octanol–water partition coefficient (Wildman–Crippen LogP) is 4.52. The molecule has 2 aromatic carbocycles. The summed E-state index contributed by atoms with van der Waals surface area (Å²) in [5.74, 6) is -2.47. The number of aliphatic hydroxyl groups excluding tert-OH is 1. The van der Waals surface area contributed by atoms with E-state index in [0.29, 0.717) is 22.2 Å². The summed E-state index contributed by atoms with van der Waals surface area (Å²) in [7, 11) is 1.48. The molecule has 0 spiro atoms. The number of benzene rings is 2. The fourth-order valence-electron chi connectivity index (χ4n) is 3.18. The topological polar surface area (TPSA) is 77.8 Å². The number of ether oxygens (including phenoxy) is 2. The molecule has 0 aliphatic heterocycles. The molecule has 30 heavy (non-hydrogen) atoms. The first-order valence-corrected chi connectivity index (χ1v) is 9.44. The quantitative estimate of drug-likeness (QED) is 0.257. The molecule has 6 nitrogen and oxygen atoms in total. The summed E-state index contributed by atoms with van der Waals surface area (Å²) in [5, 5.41) is 11.4. The number of carbonyl (C=O) groups excluding carboxylic acids is 2. The second-order valence-corrected chi connectivity index (χ2v) is 6.85. The van der Waals surface area contributed by atoms with Crippen LogP contribution in [0.3, 0.4) is 0 Å². The molecule has 0 aliphatic carbocycles. The summed E-state index contributed by atoms with van der Waals surface area (Å²) in [5.41, 5.74) is 1.56. The van der Waals surface area contributed by atoms with Crippen LogP contribution in [0.5, 0.6) is 5.75 Å². The van der Waals surface area contributed by atoms with Crippen LogP contribution in [0.25, 0.3) is 16.7 Å². The average molecular weight is 432 g/mol. The summed E-state index contributed by atoms with van der Waals surface area (Å²) in [6, 6.07) is 9.47. The van der Waals surface area contributed by atoms with Crippen LogP contribution < -0.4 is 4.74 Å². The maximum atomic E-state index is 13.7. The van der Waals surface area contributed by atoms with Crippen LogP contribution in [-0.2, 0) is 20.9 Å². The minimum Gasteiger partial charge on any atom is -0.507 e. The molecule has 1 heterocycles. The zero-order chi connectivity index (χ0) is 21.8. The number of fused-ring (bicyclic) bond motifs is 1. The molecular formula is C22H19ClFNO5. The minimum absolute atomic E-state index is 0.0441. The summed E-state index contributed by atoms with van der Waals surface area (Å²) in [6.07, 6.45) is 2.40. The van der Waals surface area contributed by atoms with E-state index in [9.17, 15) is 19.1 Å². The van der Waals surface area contributed by atoms with Crippen LogP contribution in [-0.4, -0.2) is 35.1 Å². The van der Waals surface area contributed by atoms with E-state index in [2.05, 4.69) is 4.74 Å². The predicted molar refractivity (Wildman–Crippen MR) is 111 cm³/mol. The van der Waals surface area contributed by atoms with Crippen LogP contribution in [0.2, 0.25) is 5.02 Å². The second-order valence-electron chi connectivity index (χ2n) is 6.42. The lowest BCUT2D eigenvalue weighted by atomic mass is 10.1. The third kappa shape index (κ3) is 4.46. The first-order valence-electron chi connectivity index (χ1n) is 9.07. The summed E-state index contributed by atoms with van der Waals surface area (Å²) < 4.78 is 25.6. The zero-order valence-electron chi connectivity index (χ0n) is 16.3. The lowest BCUT2D eigenvalue weighted by Gasteiger charge is -2.08. The van der Waals surface area contributed by atoms with Crippen molar-refractivity contribution < 1.29 is 28.6 Å². The number of halogens is 2. The number of esters is 1. The molecule has 156 valence electrons. The molecule has 0 saturated carbocycles. The van der Waals surface area contributed by atoms with Crippen molar-refractivity contribution in [2.24, 2.45) is 0 Å². The summed E-state index contributed by atoms with van der Waals surface area (Å²) in [4.78, 5) is 23.6. The van der Waals surface area contributed by atoms with Gasteiger partial charge in [-0.1, -0.05) is 17.7 Å². The fraction of sp³-hybridized carbons (Fsp3) is 0.182. The monoisotopic (exact) mass is 431 g/mol. The van der Waals surface area contributed by atoms with E-state index in [0.717, 1.165) is 6.08 Å². The molecule has 0 fully saturated rings. The number of rotatable bonds is 7. The maximum Gasteiger partial charge on any atom is 0.379 e. The molecule has 1 aromatic heterocycles. The van der Waals surface area contributed by atoms with Crippen molar-refractivity contribution in [2.75, 3.05) is 13.7 Å². The lowest BCUT2D eigenvalue weighted by Crippen LogP contribution is -2.15. The molecule has 3 aromatic rings. The van der Waals surface area contributed by atoms with Crippen molar-refractivity contribution in [3.63, 3.8) is 0 Å². The average Bonchev–Trinajstić information content (AvgIpc) is 3.06. The highest BCUT2D eigenvalue weighted by Crippen LogP contribution is 2.34. The van der Waals surface area contributed by atoms with Crippen LogP contribution >= 0.6 is 11.6 Å². The van der Waals surface area contributed by atoms with Gasteiger partial charge in [-0.05, 0) is 42.8 Å². The van der Waals surface area contributed by atoms with Gasteiger partial charge in [0.2, 0.25) is 0 Å². The normalized spacial score (nSPS) is 11.5. The van der Waals surface area contributed by atoms with E-state index in [-0.39, 0.29) is 23.7 Å². The van der Waals surface area contributed by atoms with Crippen LogP contribution in [0.4, 0.5) is 4.39 Å². The van der Waals surface area contributed by atoms with Gasteiger partial charge < -0.3 is 19.1 Å². The van der Waals surface area contributed by atoms with Gasteiger partial charge in [0.1, 0.15) is 17.3 Å². The second kappa shape index (κ2) is 9.00. The molecular weight excluding hydrogens is 413 g/mol. The molecule has 0 amide bonds. The molecule has 3 rings (SSSR count). The summed E-state index contributed by atoms with van der Waals surface area (Å²) in [6.45, 7) is 1.87. The summed E-state index contributed by atoms with van der Waals surface area (Å²) >= 11 is 5.95. The van der Waals surface area contributed by atoms with Crippen LogP contribution in [0, 0.1) is 5.82 Å². The van der Waals surface area contributed by atoms with Crippen molar-refractivity contribution in [3.05, 3.63) is 70.6 Å². The van der Waals surface area contributed by atoms with Crippen molar-refractivity contribution >= 4 is 40.0 Å². The Labute approximate surface area is 177 Å². The zero-order valence-corrected chi connectivity index (χ0v) is 17.1. The Hall–Kier alpha value is -3.32. The SMILES string of the molecule is CCOC(=O)C(=O)/C=C(\O)c1cn(Cc2cc(F)cc(Cl)c2)c2cccc(OC)c12. The Kier molecular flexibility index (Phi) is 6.42. The van der Waals surface area contributed by atoms with Gasteiger partial charge in [0.25, 0.3) is 5.78 Å². The Morgan fingerprint density at radius 2 is 2.03 bits per heavy atom. The van der Waals surface area contributed by atoms with Gasteiger partial charge >= 0.3 is 5.97 Å². The number of hydrogen-bond acceptors (Lipinski definition) is 5. The number of hydrogen-bond donors (Lipinski definition) is 1. The van der Waals surface area contributed by atoms with E-state index in [1.54, 1.807) is 42.0 Å². The van der Waals surface area contributed by atoms with E-state index < -0.39 is 23.3 Å². The fourth-order valence-corrected chi connectivity index (χ4v) is 3.42. The Morgan fingerprint density at radius 3 is 2.70 bits per heavy atom. The third-order valence-corrected chi connectivity index (χ3v) is 4.60. The van der Waals surface area contributed by atoms with Crippen molar-refractivity contribution in [1.82, 2.24) is 4.57 Å². The number of aliphatic hydroxyl groups is 1. The first kappa shape index (κ1) is 21.4. The van der Waals surface area contributed by atoms with Gasteiger partial charge in [-0.3, -0.25) is 4.79 Å². The van der Waals surface area contributed by atoms with Gasteiger partial charge in [0, 0.05) is 29.4 Å². The molecule has 0 aliphatic rings. The van der Waals surface area contributed by atoms with E-state index in [4.69, 9.17) is 16.3 Å². The molecule has 0 atom stereocenters. The number of nitrogens with zero attached hydrogens (tertiary/aromatic N) is 1. The number of carbonyl (C=O) groups is 2. The number of methoxy groups -OCH3 is 1. The third-order valence-electron chi connectivity index (χ3n) is 4.38. The molecule has 0 unspecified atom stereocenters. The van der Waals surface area contributed by atoms with E-state index >= 15 is 0 Å². The first-order chi connectivity index (χ1) is 14.3. The minimum atomic E-state index is -1.06. The molecule has 0 bridgehead atoms. The Morgan fingerprint density at radius 1 is 1.27 bits per heavy atom. The largest absolute Gasteiger partial charge is 0.507 e. The number of aromatic nitrogens is 1. The van der Waals surface area contributed by atoms with Gasteiger partial charge in [0.15, 0.2) is 0 Å². The van der Waals surface area contributed by atoms with Crippen LogP contribution in [0.1, 0.15) is 18.1 Å². The van der Waals surface area contributed by atoms with Gasteiger partial charge in [-0.25, -0.2) is 9.18 Å². The highest BCUT2D eigenvalue weighted by atomic mass is 35.5. The van der Waals surface area contributed by atoms with Crippen LogP contribution in [0.15, 0.2) is 48.7 Å². The highest BCUT2D eigenvalue weighted by molar-refractivity contribution is 6.39. The van der Waals surface area contributed by atoms with E-state index in [1.165, 1.54) is 19.2 Å². The number of ketones is 1. The maximum absolute atomic E-state index is 13.7. The lowest BCUT2D eigenvalue weighted by molar-refractivity contribution is -0.151. The Bertz CT molecular complexity index is 1130. The van der Waals surface area contributed by atoms with E-state index in [1.807, 2.05) is 0 Å². The van der Waals surface area contributed by atoms with Gasteiger partial charge in [-0.15, -0.1) is 0 Å². The highest BCUT2D eigenvalue weighted by Gasteiger charge is 2.19. The van der Waals surface area contributed by atoms with Crippen molar-refractivity contribution in [2.45, 2.75) is 13.5 Å². The van der Waals surface area contributed by atoms with Gasteiger partial charge in [-0.2, -0.15) is 0 Å². The molecule has 8 heteroatoms. The molecule has 0 saturated heterocycles. The Balaban J connectivity index is 2.10. The smallest absolute Gasteiger partial charge is 0.379 e. The molecule has 0 radical (unpaired) electrons.